The molecule has 2 unspecified atom stereocenters. The molecule has 1 heterocycles. The van der Waals surface area contributed by atoms with Gasteiger partial charge in [0.1, 0.15) is 0 Å². The number of nitrogens with zero attached hydrogens (tertiary/aromatic N) is 1. The second-order valence-electron chi connectivity index (χ2n) is 5.17. The van der Waals surface area contributed by atoms with Gasteiger partial charge in [0.2, 0.25) is 5.91 Å². The first-order valence-electron chi connectivity index (χ1n) is 5.93. The van der Waals surface area contributed by atoms with Crippen molar-refractivity contribution in [2.45, 2.75) is 51.8 Å². The van der Waals surface area contributed by atoms with E-state index in [9.17, 15) is 4.79 Å². The highest BCUT2D eigenvalue weighted by Gasteiger charge is 2.34. The molecule has 0 N–H and O–H groups in total. The number of carbonyl (C=O) groups is 1. The number of hydrogen-bond acceptors (Lipinski definition) is 2. The third-order valence-corrected chi connectivity index (χ3v) is 4.05. The van der Waals surface area contributed by atoms with Crippen molar-refractivity contribution in [1.82, 2.24) is 4.90 Å². The van der Waals surface area contributed by atoms with Crippen LogP contribution in [-0.4, -0.2) is 28.6 Å². The summed E-state index contributed by atoms with van der Waals surface area (Å²) in [6, 6.07) is 0.436. The van der Waals surface area contributed by atoms with E-state index in [1.807, 2.05) is 4.90 Å². The topological polar surface area (TPSA) is 20.3 Å². The van der Waals surface area contributed by atoms with Gasteiger partial charge in [-0.2, -0.15) is 12.6 Å². The van der Waals surface area contributed by atoms with E-state index in [1.54, 1.807) is 0 Å². The van der Waals surface area contributed by atoms with E-state index in [0.717, 1.165) is 19.4 Å². The number of thiol groups is 1. The van der Waals surface area contributed by atoms with Gasteiger partial charge in [-0.3, -0.25) is 4.79 Å². The van der Waals surface area contributed by atoms with Gasteiger partial charge in [0.25, 0.3) is 0 Å². The summed E-state index contributed by atoms with van der Waals surface area (Å²) >= 11 is 4.41. The minimum absolute atomic E-state index is 0.135. The van der Waals surface area contributed by atoms with Crippen LogP contribution in [0.5, 0.6) is 0 Å². The van der Waals surface area contributed by atoms with E-state index in [0.29, 0.717) is 17.9 Å². The maximum atomic E-state index is 12.2. The molecule has 88 valence electrons. The molecule has 0 radical (unpaired) electrons. The minimum Gasteiger partial charge on any atom is -0.338 e. The molecule has 1 aliphatic heterocycles. The molecule has 0 aromatic rings. The smallest absolute Gasteiger partial charge is 0.235 e. The largest absolute Gasteiger partial charge is 0.338 e. The van der Waals surface area contributed by atoms with Crippen molar-refractivity contribution < 1.29 is 4.79 Å². The number of hydrogen-bond donors (Lipinski definition) is 1. The lowest BCUT2D eigenvalue weighted by molar-refractivity contribution is -0.132. The summed E-state index contributed by atoms with van der Waals surface area (Å²) in [5.74, 6) is 1.10. The molecule has 1 aliphatic rings. The van der Waals surface area contributed by atoms with Crippen molar-refractivity contribution in [1.29, 1.82) is 0 Å². The van der Waals surface area contributed by atoms with E-state index in [4.69, 9.17) is 0 Å². The fraction of sp³-hybridized carbons (Fsp3) is 0.917. The van der Waals surface area contributed by atoms with Gasteiger partial charge in [-0.1, -0.05) is 27.7 Å². The summed E-state index contributed by atoms with van der Waals surface area (Å²) in [4.78, 5) is 14.2. The first kappa shape index (κ1) is 12.9. The second-order valence-corrected chi connectivity index (χ2v) is 5.73. The minimum atomic E-state index is -0.135. The van der Waals surface area contributed by atoms with Crippen LogP contribution in [0.15, 0.2) is 0 Å². The monoisotopic (exact) mass is 229 g/mol. The van der Waals surface area contributed by atoms with Gasteiger partial charge in [-0.15, -0.1) is 0 Å². The molecule has 15 heavy (non-hydrogen) atoms. The molecule has 0 aromatic heterocycles. The van der Waals surface area contributed by atoms with Crippen molar-refractivity contribution in [2.75, 3.05) is 6.54 Å². The fourth-order valence-corrected chi connectivity index (χ4v) is 2.36. The zero-order valence-corrected chi connectivity index (χ0v) is 11.1. The van der Waals surface area contributed by atoms with Crippen molar-refractivity contribution in [3.05, 3.63) is 0 Å². The average molecular weight is 229 g/mol. The number of amides is 1. The first-order valence-corrected chi connectivity index (χ1v) is 6.45. The third kappa shape index (κ3) is 2.90. The predicted molar refractivity (Wildman–Crippen MR) is 67.2 cm³/mol. The quantitative estimate of drug-likeness (QED) is 0.738. The fourth-order valence-electron chi connectivity index (χ4n) is 2.21. The Labute approximate surface area is 98.8 Å². The molecule has 0 aliphatic carbocycles. The molecule has 1 rings (SSSR count). The van der Waals surface area contributed by atoms with E-state index >= 15 is 0 Å². The molecule has 2 atom stereocenters. The zero-order chi connectivity index (χ0) is 11.6. The molecule has 1 fully saturated rings. The summed E-state index contributed by atoms with van der Waals surface area (Å²) in [6.45, 7) is 9.41. The number of rotatable bonds is 3. The highest BCUT2D eigenvalue weighted by Crippen LogP contribution is 2.26. The highest BCUT2D eigenvalue weighted by molar-refractivity contribution is 7.81. The zero-order valence-electron chi connectivity index (χ0n) is 10.2. The van der Waals surface area contributed by atoms with Crippen LogP contribution in [0.4, 0.5) is 0 Å². The van der Waals surface area contributed by atoms with Crippen molar-refractivity contribution in [3.8, 4) is 0 Å². The standard InChI is InChI=1S/C12H23NOS/c1-8(2)10-6-5-7-13(10)12(14)11(15)9(3)4/h8-11,15H,5-7H2,1-4H3. The lowest BCUT2D eigenvalue weighted by Crippen LogP contribution is -2.43. The van der Waals surface area contributed by atoms with Crippen LogP contribution in [0.1, 0.15) is 40.5 Å². The molecule has 1 amide bonds. The Kier molecular flexibility index (Phi) is 4.50. The first-order chi connectivity index (χ1) is 6.95. The lowest BCUT2D eigenvalue weighted by atomic mass is 10.0. The van der Waals surface area contributed by atoms with E-state index in [1.165, 1.54) is 0 Å². The van der Waals surface area contributed by atoms with Crippen molar-refractivity contribution >= 4 is 18.5 Å². The molecule has 1 saturated heterocycles. The van der Waals surface area contributed by atoms with Gasteiger partial charge < -0.3 is 4.90 Å². The van der Waals surface area contributed by atoms with Crippen molar-refractivity contribution in [2.24, 2.45) is 11.8 Å². The normalized spacial score (nSPS) is 23.9. The van der Waals surface area contributed by atoms with Crippen LogP contribution in [0.2, 0.25) is 0 Å². The second kappa shape index (κ2) is 5.24. The molecule has 0 aromatic carbocycles. The summed E-state index contributed by atoms with van der Waals surface area (Å²) in [5.41, 5.74) is 0. The summed E-state index contributed by atoms with van der Waals surface area (Å²) < 4.78 is 0. The molecule has 2 nitrogen and oxygen atoms in total. The van der Waals surface area contributed by atoms with Crippen LogP contribution < -0.4 is 0 Å². The van der Waals surface area contributed by atoms with Crippen LogP contribution in [0.3, 0.4) is 0 Å². The van der Waals surface area contributed by atoms with Gasteiger partial charge in [-0.25, -0.2) is 0 Å². The van der Waals surface area contributed by atoms with Gasteiger partial charge in [-0.05, 0) is 24.7 Å². The van der Waals surface area contributed by atoms with E-state index in [2.05, 4.69) is 40.3 Å². The molecule has 0 bridgehead atoms. The Hall–Kier alpha value is -0.180. The third-order valence-electron chi connectivity index (χ3n) is 3.24. The Morgan fingerprint density at radius 1 is 1.33 bits per heavy atom. The molecule has 0 spiro atoms. The Morgan fingerprint density at radius 2 is 1.93 bits per heavy atom. The van der Waals surface area contributed by atoms with E-state index in [-0.39, 0.29) is 11.2 Å². The average Bonchev–Trinajstić information content (AvgIpc) is 2.63. The van der Waals surface area contributed by atoms with Crippen LogP contribution in [0.25, 0.3) is 0 Å². The Balaban J connectivity index is 2.66. The van der Waals surface area contributed by atoms with Gasteiger partial charge >= 0.3 is 0 Å². The Morgan fingerprint density at radius 3 is 2.40 bits per heavy atom. The van der Waals surface area contributed by atoms with Crippen LogP contribution in [0, 0.1) is 11.8 Å². The summed E-state index contributed by atoms with van der Waals surface area (Å²) in [6.07, 6.45) is 2.30. The maximum absolute atomic E-state index is 12.2. The Bertz CT molecular complexity index is 228. The predicted octanol–water partition coefficient (Wildman–Crippen LogP) is 2.59. The van der Waals surface area contributed by atoms with Crippen molar-refractivity contribution in [3.63, 3.8) is 0 Å². The van der Waals surface area contributed by atoms with Gasteiger partial charge in [0.15, 0.2) is 0 Å². The molecular formula is C12H23NOS. The van der Waals surface area contributed by atoms with Gasteiger partial charge in [0, 0.05) is 12.6 Å². The molecule has 0 saturated carbocycles. The SMILES string of the molecule is CC(C)C(S)C(=O)N1CCCC1C(C)C. The number of carbonyl (C=O) groups excluding carboxylic acids is 1. The number of likely N-dealkylation sites (tertiary alicyclic amines) is 1. The maximum Gasteiger partial charge on any atom is 0.235 e. The molecular weight excluding hydrogens is 206 g/mol. The molecule has 3 heteroatoms. The summed E-state index contributed by atoms with van der Waals surface area (Å²) in [7, 11) is 0. The van der Waals surface area contributed by atoms with Crippen LogP contribution in [-0.2, 0) is 4.79 Å². The summed E-state index contributed by atoms with van der Waals surface area (Å²) in [5, 5.41) is -0.135. The van der Waals surface area contributed by atoms with Gasteiger partial charge in [0.05, 0.1) is 5.25 Å². The van der Waals surface area contributed by atoms with E-state index < -0.39 is 0 Å². The lowest BCUT2D eigenvalue weighted by Gasteiger charge is -2.30. The van der Waals surface area contributed by atoms with Crippen LogP contribution >= 0.6 is 12.6 Å². The highest BCUT2D eigenvalue weighted by atomic mass is 32.1.